The van der Waals surface area contributed by atoms with E-state index >= 15 is 0 Å². The second-order valence-electron chi connectivity index (χ2n) is 11.6. The smallest absolute Gasteiger partial charge is 0.216 e. The van der Waals surface area contributed by atoms with Gasteiger partial charge in [0.05, 0.1) is 13.2 Å². The summed E-state index contributed by atoms with van der Waals surface area (Å²) in [6, 6.07) is 26.4. The summed E-state index contributed by atoms with van der Waals surface area (Å²) in [5.74, 6) is 1.74. The fraction of sp³-hybridized carbons (Fsp3) is 0.406. The zero-order valence-electron chi connectivity index (χ0n) is 22.8. The number of rotatable bonds is 7. The molecule has 1 aliphatic rings. The SMILES string of the molecule is COc1c(C(C)(C)C)cc(C2=N[C@@H](CCP(c3ccccc3)c3ccccc3)CO2)cc1C(C)(C)C. The molecule has 0 saturated carbocycles. The molecule has 0 N–H and O–H groups in total. The largest absolute Gasteiger partial charge is 0.496 e. The molecule has 36 heavy (non-hydrogen) atoms. The van der Waals surface area contributed by atoms with Gasteiger partial charge >= 0.3 is 0 Å². The quantitative estimate of drug-likeness (QED) is 0.328. The first-order chi connectivity index (χ1) is 17.1. The van der Waals surface area contributed by atoms with Crippen LogP contribution in [-0.2, 0) is 15.6 Å². The molecule has 190 valence electrons. The predicted octanol–water partition coefficient (Wildman–Crippen LogP) is 6.96. The summed E-state index contributed by atoms with van der Waals surface area (Å²) < 4.78 is 12.2. The standard InChI is InChI=1S/C32H40NO2P/c1-31(2,3)27-20-23(21-28(29(27)34-7)32(4,5)6)30-33-24(22-35-30)18-19-36(25-14-10-8-11-15-25)26-16-12-9-13-17-26/h8-17,20-21,24H,18-19,22H2,1-7H3/t24-/m0/s1. The van der Waals surface area contributed by atoms with E-state index in [-0.39, 0.29) is 16.9 Å². The Morgan fingerprint density at radius 1 is 0.833 bits per heavy atom. The van der Waals surface area contributed by atoms with Crippen LogP contribution in [-0.4, -0.2) is 31.8 Å². The van der Waals surface area contributed by atoms with E-state index in [9.17, 15) is 0 Å². The molecule has 4 rings (SSSR count). The topological polar surface area (TPSA) is 30.8 Å². The summed E-state index contributed by atoms with van der Waals surface area (Å²) in [6.07, 6.45) is 2.10. The number of aliphatic imine (C=N–C) groups is 1. The van der Waals surface area contributed by atoms with Crippen LogP contribution in [0.25, 0.3) is 0 Å². The Morgan fingerprint density at radius 2 is 1.33 bits per heavy atom. The number of hydrogen-bond acceptors (Lipinski definition) is 3. The van der Waals surface area contributed by atoms with Crippen LogP contribution in [0.5, 0.6) is 5.75 Å². The maximum absolute atomic E-state index is 6.22. The van der Waals surface area contributed by atoms with Crippen LogP contribution in [0.2, 0.25) is 0 Å². The molecule has 0 bridgehead atoms. The third kappa shape index (κ3) is 6.01. The molecule has 1 atom stereocenters. The lowest BCUT2D eigenvalue weighted by molar-refractivity contribution is 0.315. The molecule has 0 saturated heterocycles. The van der Waals surface area contributed by atoms with Gasteiger partial charge in [0.1, 0.15) is 12.4 Å². The second kappa shape index (κ2) is 10.8. The first kappa shape index (κ1) is 26.4. The van der Waals surface area contributed by atoms with Crippen LogP contribution >= 0.6 is 7.92 Å². The van der Waals surface area contributed by atoms with Gasteiger partial charge in [-0.3, -0.25) is 0 Å². The monoisotopic (exact) mass is 501 g/mol. The lowest BCUT2D eigenvalue weighted by atomic mass is 9.78. The zero-order chi connectivity index (χ0) is 25.9. The highest BCUT2D eigenvalue weighted by Gasteiger charge is 2.30. The van der Waals surface area contributed by atoms with Crippen LogP contribution in [0, 0.1) is 0 Å². The average Bonchev–Trinajstić information content (AvgIpc) is 3.32. The Labute approximate surface area is 218 Å². The number of benzene rings is 3. The molecular weight excluding hydrogens is 461 g/mol. The minimum atomic E-state index is -0.425. The van der Waals surface area contributed by atoms with E-state index in [4.69, 9.17) is 14.5 Å². The number of ether oxygens (including phenoxy) is 2. The highest BCUT2D eigenvalue weighted by atomic mass is 31.1. The van der Waals surface area contributed by atoms with E-state index in [1.807, 2.05) is 0 Å². The predicted molar refractivity (Wildman–Crippen MR) is 155 cm³/mol. The van der Waals surface area contributed by atoms with Gasteiger partial charge in [0.25, 0.3) is 0 Å². The van der Waals surface area contributed by atoms with Crippen LogP contribution in [0.3, 0.4) is 0 Å². The molecule has 0 spiro atoms. The Bertz CT molecular complexity index is 1120. The van der Waals surface area contributed by atoms with Gasteiger partial charge in [-0.15, -0.1) is 0 Å². The van der Waals surface area contributed by atoms with Crippen molar-refractivity contribution in [2.75, 3.05) is 19.9 Å². The molecule has 4 heteroatoms. The number of nitrogens with zero attached hydrogens (tertiary/aromatic N) is 1. The van der Waals surface area contributed by atoms with Gasteiger partial charge in [0.2, 0.25) is 5.90 Å². The molecule has 3 aromatic carbocycles. The Morgan fingerprint density at radius 3 is 1.78 bits per heavy atom. The minimum absolute atomic E-state index is 0.0544. The van der Waals surface area contributed by atoms with Crippen molar-refractivity contribution in [3.63, 3.8) is 0 Å². The molecule has 1 heterocycles. The van der Waals surface area contributed by atoms with E-state index in [2.05, 4.69) is 114 Å². The summed E-state index contributed by atoms with van der Waals surface area (Å²) in [7, 11) is 1.35. The van der Waals surface area contributed by atoms with Crippen LogP contribution in [0.4, 0.5) is 0 Å². The van der Waals surface area contributed by atoms with Crippen molar-refractivity contribution in [2.45, 2.75) is 64.8 Å². The Balaban J connectivity index is 1.61. The normalized spacial score (nSPS) is 16.1. The average molecular weight is 502 g/mol. The van der Waals surface area contributed by atoms with E-state index < -0.39 is 7.92 Å². The van der Waals surface area contributed by atoms with Gasteiger partial charge in [-0.2, -0.15) is 0 Å². The van der Waals surface area contributed by atoms with Gasteiger partial charge in [-0.25, -0.2) is 4.99 Å². The van der Waals surface area contributed by atoms with E-state index in [0.29, 0.717) is 6.61 Å². The minimum Gasteiger partial charge on any atom is -0.496 e. The molecule has 1 aliphatic heterocycles. The van der Waals surface area contributed by atoms with Gasteiger partial charge in [-0.1, -0.05) is 102 Å². The molecule has 0 fully saturated rings. The maximum atomic E-state index is 6.22. The zero-order valence-corrected chi connectivity index (χ0v) is 23.7. The Hall–Kier alpha value is -2.64. The van der Waals surface area contributed by atoms with E-state index in [1.54, 1.807) is 7.11 Å². The molecule has 0 radical (unpaired) electrons. The molecule has 0 amide bonds. The summed E-state index contributed by atoms with van der Waals surface area (Å²) in [4.78, 5) is 5.08. The van der Waals surface area contributed by atoms with Crippen molar-refractivity contribution in [1.82, 2.24) is 0 Å². The molecule has 3 aromatic rings. The molecule has 3 nitrogen and oxygen atoms in total. The van der Waals surface area contributed by atoms with Crippen molar-refractivity contribution in [1.29, 1.82) is 0 Å². The van der Waals surface area contributed by atoms with Gasteiger partial charge < -0.3 is 9.47 Å². The van der Waals surface area contributed by atoms with Gasteiger partial charge in [0.15, 0.2) is 0 Å². The van der Waals surface area contributed by atoms with Crippen molar-refractivity contribution >= 4 is 24.4 Å². The summed E-state index contributed by atoms with van der Waals surface area (Å²) >= 11 is 0. The summed E-state index contributed by atoms with van der Waals surface area (Å²) in [5, 5.41) is 2.84. The molecule has 0 unspecified atom stereocenters. The van der Waals surface area contributed by atoms with Crippen LogP contribution < -0.4 is 15.3 Å². The van der Waals surface area contributed by atoms with Crippen molar-refractivity contribution < 1.29 is 9.47 Å². The summed E-state index contributed by atoms with van der Waals surface area (Å²) in [6.45, 7) is 14.0. The fourth-order valence-electron chi connectivity index (χ4n) is 4.71. The van der Waals surface area contributed by atoms with Gasteiger partial charge in [0, 0.05) is 16.7 Å². The van der Waals surface area contributed by atoms with Crippen LogP contribution in [0.15, 0.2) is 77.8 Å². The van der Waals surface area contributed by atoms with Gasteiger partial charge in [-0.05, 0) is 54.1 Å². The fourth-order valence-corrected chi connectivity index (χ4v) is 7.14. The van der Waals surface area contributed by atoms with E-state index in [1.165, 1.54) is 21.7 Å². The third-order valence-corrected chi connectivity index (χ3v) is 9.24. The molecular formula is C32H40NO2P. The first-order valence-electron chi connectivity index (χ1n) is 12.9. The lowest BCUT2D eigenvalue weighted by Crippen LogP contribution is -2.20. The highest BCUT2D eigenvalue weighted by molar-refractivity contribution is 7.73. The lowest BCUT2D eigenvalue weighted by Gasteiger charge is -2.29. The summed E-state index contributed by atoms with van der Waals surface area (Å²) in [5.41, 5.74) is 3.33. The molecule has 0 aliphatic carbocycles. The van der Waals surface area contributed by atoms with Crippen molar-refractivity contribution in [3.05, 3.63) is 89.5 Å². The Kier molecular flexibility index (Phi) is 7.90. The van der Waals surface area contributed by atoms with E-state index in [0.717, 1.165) is 29.8 Å². The van der Waals surface area contributed by atoms with Crippen LogP contribution in [0.1, 0.15) is 64.7 Å². The number of methoxy groups -OCH3 is 1. The third-order valence-electron chi connectivity index (χ3n) is 6.69. The number of hydrogen-bond donors (Lipinski definition) is 0. The highest BCUT2D eigenvalue weighted by Crippen LogP contribution is 2.41. The van der Waals surface area contributed by atoms with Crippen molar-refractivity contribution in [3.8, 4) is 5.75 Å². The maximum Gasteiger partial charge on any atom is 0.216 e. The molecule has 0 aromatic heterocycles. The second-order valence-corrected chi connectivity index (χ2v) is 14.0. The van der Waals surface area contributed by atoms with Crippen molar-refractivity contribution in [2.24, 2.45) is 4.99 Å². The first-order valence-corrected chi connectivity index (χ1v) is 14.4.